The number of nitrogens with zero attached hydrogens (tertiary/aromatic N) is 2. The first-order chi connectivity index (χ1) is 29.0. The van der Waals surface area contributed by atoms with Crippen LogP contribution in [0.25, 0.3) is 0 Å². The van der Waals surface area contributed by atoms with Crippen LogP contribution < -0.4 is 20.1 Å². The van der Waals surface area contributed by atoms with Crippen LogP contribution in [0.1, 0.15) is 72.9 Å². The van der Waals surface area contributed by atoms with Gasteiger partial charge in [0.15, 0.2) is 0 Å². The molecule has 0 radical (unpaired) electrons. The lowest BCUT2D eigenvalue weighted by molar-refractivity contribution is -0.143. The summed E-state index contributed by atoms with van der Waals surface area (Å²) in [6.45, 7) is 1.40. The number of hydrogen-bond donors (Lipinski definition) is 5. The molecule has 0 saturated heterocycles. The summed E-state index contributed by atoms with van der Waals surface area (Å²) in [6, 6.07) is 14.5. The van der Waals surface area contributed by atoms with Crippen molar-refractivity contribution < 1.29 is 61.5 Å². The highest BCUT2D eigenvalue weighted by Crippen LogP contribution is 2.19. The molecule has 0 aliphatic carbocycles. The monoisotopic (exact) mass is 859 g/mol. The highest BCUT2D eigenvalue weighted by Gasteiger charge is 2.17. The molecule has 5 N–H and O–H groups in total. The number of aryl methyl sites for hydroxylation is 1. The number of carbonyl (C=O) groups excluding carboxylic acids is 2. The second-order valence-electron chi connectivity index (χ2n) is 13.5. The maximum atomic E-state index is 12.9. The van der Waals surface area contributed by atoms with Crippen molar-refractivity contribution >= 4 is 39.7 Å². The van der Waals surface area contributed by atoms with Crippen LogP contribution in [0.4, 0.5) is 5.95 Å². The number of unbranched alkanes of at least 4 members (excludes halogenated alkanes) is 6. The number of benzene rings is 2. The van der Waals surface area contributed by atoms with Gasteiger partial charge in [-0.15, -0.1) is 0 Å². The smallest absolute Gasteiger partial charge is 0.329 e. The van der Waals surface area contributed by atoms with Gasteiger partial charge in [-0.25, -0.2) is 27.9 Å². The topological polar surface area (TPSA) is 251 Å². The normalized spacial score (nSPS) is 11.2. The van der Waals surface area contributed by atoms with E-state index in [2.05, 4.69) is 49.6 Å². The number of nitrogens with one attached hydrogen (secondary N) is 3. The van der Waals surface area contributed by atoms with Crippen molar-refractivity contribution in [1.82, 2.24) is 20.6 Å². The van der Waals surface area contributed by atoms with Gasteiger partial charge in [0.25, 0.3) is 15.9 Å². The number of aromatic nitrogens is 2. The number of carboxylic acid groups (broad SMARTS) is 2. The Labute approximate surface area is 350 Å². The van der Waals surface area contributed by atoms with E-state index >= 15 is 0 Å². The number of anilines is 1. The van der Waals surface area contributed by atoms with Crippen LogP contribution in [0.5, 0.6) is 5.75 Å². The fourth-order valence-corrected chi connectivity index (χ4v) is 6.42. The quantitative estimate of drug-likeness (QED) is 0.0538. The molecule has 0 aliphatic heterocycles. The highest BCUT2D eigenvalue weighted by molar-refractivity contribution is 7.92. The molecular weight excluding hydrogens is 803 g/mol. The summed E-state index contributed by atoms with van der Waals surface area (Å²) in [5.74, 6) is -2.27. The number of hydrogen-bond acceptors (Lipinski definition) is 13. The molecule has 0 fully saturated rings. The first kappa shape index (κ1) is 49.2. The molecule has 60 heavy (non-hydrogen) atoms. The van der Waals surface area contributed by atoms with Gasteiger partial charge in [-0.2, -0.15) is 0 Å². The predicted molar refractivity (Wildman–Crippen MR) is 219 cm³/mol. The lowest BCUT2D eigenvalue weighted by Crippen LogP contribution is -2.31. The zero-order valence-corrected chi connectivity index (χ0v) is 34.6. The third-order valence-electron chi connectivity index (χ3n) is 8.62. The molecular formula is C41H57N5O13S. The third kappa shape index (κ3) is 22.2. The van der Waals surface area contributed by atoms with Gasteiger partial charge in [-0.05, 0) is 54.7 Å². The Kier molecular flexibility index (Phi) is 23.8. The Morgan fingerprint density at radius 2 is 1.13 bits per heavy atom. The fraction of sp³-hybridized carbons (Fsp3) is 0.512. The standard InChI is InChI=1S/C41H57N5O13S/c47-37(42-19-22-55-25-27-58-31-39(50)51)30-57-26-24-56-23-20-43-40(52)34-28-44-41(45-29-34)46-60(53,54)36-16-14-35(15-17-36)59-21-18-33-12-10-32(11-13-33)8-6-4-2-1-3-5-7-9-38(48)49/h10-17,28-29H,1-9,18-27,30-31H2,(H,42,47)(H,43,52)(H,48,49)(H,50,51)(H,44,45,46). The minimum atomic E-state index is -4.01. The van der Waals surface area contributed by atoms with Gasteiger partial charge in [0.1, 0.15) is 19.0 Å². The number of rotatable bonds is 34. The molecule has 0 saturated carbocycles. The molecule has 0 unspecified atom stereocenters. The van der Waals surface area contributed by atoms with Crippen molar-refractivity contribution in [2.24, 2.45) is 0 Å². The van der Waals surface area contributed by atoms with E-state index in [1.165, 1.54) is 36.5 Å². The van der Waals surface area contributed by atoms with Gasteiger partial charge in [0.05, 0.1) is 56.7 Å². The lowest BCUT2D eigenvalue weighted by atomic mass is 10.0. The van der Waals surface area contributed by atoms with E-state index in [0.717, 1.165) is 50.5 Å². The molecule has 0 bridgehead atoms. The van der Waals surface area contributed by atoms with Crippen molar-refractivity contribution in [2.75, 3.05) is 77.3 Å². The second-order valence-corrected chi connectivity index (χ2v) is 15.2. The molecule has 3 rings (SSSR count). The third-order valence-corrected chi connectivity index (χ3v) is 9.96. The fourth-order valence-electron chi connectivity index (χ4n) is 5.46. The van der Waals surface area contributed by atoms with Crippen molar-refractivity contribution in [3.8, 4) is 5.75 Å². The number of sulfonamides is 1. The van der Waals surface area contributed by atoms with Crippen molar-refractivity contribution in [1.29, 1.82) is 0 Å². The van der Waals surface area contributed by atoms with Gasteiger partial charge in [0.2, 0.25) is 11.9 Å². The molecule has 1 heterocycles. The SMILES string of the molecule is O=C(O)CCCCCCCCCc1ccc(CCOc2ccc(S(=O)(=O)Nc3ncc(C(=O)NCCOCCOCC(=O)NCCOCCOCC(=O)O)cn3)cc2)cc1. The number of ether oxygens (including phenoxy) is 5. The summed E-state index contributed by atoms with van der Waals surface area (Å²) in [6.07, 6.45) is 11.8. The molecule has 19 heteroatoms. The number of carboxylic acids is 2. The van der Waals surface area contributed by atoms with Crippen LogP contribution in [0.15, 0.2) is 65.8 Å². The molecule has 2 amide bonds. The van der Waals surface area contributed by atoms with Crippen LogP contribution in [0, 0.1) is 0 Å². The van der Waals surface area contributed by atoms with Crippen molar-refractivity contribution in [3.63, 3.8) is 0 Å². The van der Waals surface area contributed by atoms with Gasteiger partial charge >= 0.3 is 11.9 Å². The van der Waals surface area contributed by atoms with Gasteiger partial charge < -0.3 is 44.5 Å². The van der Waals surface area contributed by atoms with E-state index in [4.69, 9.17) is 33.9 Å². The molecule has 3 aromatic rings. The van der Waals surface area contributed by atoms with Gasteiger partial charge in [-0.3, -0.25) is 14.4 Å². The molecule has 330 valence electrons. The van der Waals surface area contributed by atoms with Gasteiger partial charge in [-0.1, -0.05) is 56.4 Å². The zero-order valence-electron chi connectivity index (χ0n) is 33.8. The van der Waals surface area contributed by atoms with E-state index in [1.54, 1.807) is 12.1 Å². The first-order valence-electron chi connectivity index (χ1n) is 20.0. The van der Waals surface area contributed by atoms with E-state index in [9.17, 15) is 27.6 Å². The van der Waals surface area contributed by atoms with E-state index in [0.29, 0.717) is 18.8 Å². The zero-order chi connectivity index (χ0) is 43.3. The molecule has 0 atom stereocenters. The van der Waals surface area contributed by atoms with Crippen LogP contribution in [0.2, 0.25) is 0 Å². The van der Waals surface area contributed by atoms with Crippen molar-refractivity contribution in [3.05, 3.63) is 77.6 Å². The maximum absolute atomic E-state index is 12.9. The number of carbonyl (C=O) groups is 4. The minimum absolute atomic E-state index is 0.0127. The van der Waals surface area contributed by atoms with E-state index in [1.807, 2.05) is 0 Å². The summed E-state index contributed by atoms with van der Waals surface area (Å²) in [7, 11) is -4.01. The van der Waals surface area contributed by atoms with Crippen LogP contribution in [0.3, 0.4) is 0 Å². The van der Waals surface area contributed by atoms with Crippen molar-refractivity contribution in [2.45, 2.75) is 69.1 Å². The Balaban J connectivity index is 1.23. The summed E-state index contributed by atoms with van der Waals surface area (Å²) >= 11 is 0. The predicted octanol–water partition coefficient (Wildman–Crippen LogP) is 3.64. The second kappa shape index (κ2) is 29.1. The Morgan fingerprint density at radius 1 is 0.583 bits per heavy atom. The molecule has 0 spiro atoms. The summed E-state index contributed by atoms with van der Waals surface area (Å²) < 4.78 is 54.7. The van der Waals surface area contributed by atoms with Crippen LogP contribution in [-0.4, -0.2) is 125 Å². The molecule has 2 aromatic carbocycles. The Bertz CT molecular complexity index is 1810. The average molecular weight is 860 g/mol. The number of aliphatic carboxylic acids is 2. The first-order valence-corrected chi connectivity index (χ1v) is 21.4. The molecule has 18 nitrogen and oxygen atoms in total. The summed E-state index contributed by atoms with van der Waals surface area (Å²) in [5, 5.41) is 22.4. The van der Waals surface area contributed by atoms with E-state index < -0.39 is 34.5 Å². The summed E-state index contributed by atoms with van der Waals surface area (Å²) in [5.41, 5.74) is 2.55. The maximum Gasteiger partial charge on any atom is 0.329 e. The summed E-state index contributed by atoms with van der Waals surface area (Å²) in [4.78, 5) is 53.0. The average Bonchev–Trinajstić information content (AvgIpc) is 3.22. The highest BCUT2D eigenvalue weighted by atomic mass is 32.2. The molecule has 0 aliphatic rings. The Hall–Kier alpha value is -5.21. The lowest BCUT2D eigenvalue weighted by Gasteiger charge is -2.10. The van der Waals surface area contributed by atoms with Crippen LogP contribution >= 0.6 is 0 Å². The Morgan fingerprint density at radius 3 is 1.75 bits per heavy atom. The largest absolute Gasteiger partial charge is 0.493 e. The van der Waals surface area contributed by atoms with E-state index in [-0.39, 0.29) is 88.1 Å². The minimum Gasteiger partial charge on any atom is -0.493 e. The number of amides is 2. The molecule has 1 aromatic heterocycles. The van der Waals surface area contributed by atoms with Crippen LogP contribution in [-0.2, 0) is 56.2 Å². The van der Waals surface area contributed by atoms with Gasteiger partial charge in [0, 0.05) is 38.3 Å².